The van der Waals surface area contributed by atoms with Crippen LogP contribution in [0.1, 0.15) is 19.8 Å². The largest absolute Gasteiger partial charge is 0.392 e. The Hall–Kier alpha value is -0.820. The van der Waals surface area contributed by atoms with Gasteiger partial charge in [0.25, 0.3) is 0 Å². The van der Waals surface area contributed by atoms with E-state index in [1.165, 1.54) is 6.92 Å². The molecule has 1 aliphatic rings. The van der Waals surface area contributed by atoms with Crippen molar-refractivity contribution < 1.29 is 23.1 Å². The first kappa shape index (κ1) is 13.2. The van der Waals surface area contributed by atoms with Gasteiger partial charge in [-0.05, 0) is 13.3 Å². The van der Waals surface area contributed by atoms with E-state index in [1.54, 1.807) is 0 Å². The Morgan fingerprint density at radius 2 is 2.25 bits per heavy atom. The predicted molar refractivity (Wildman–Crippen MR) is 50.7 cm³/mol. The lowest BCUT2D eigenvalue weighted by molar-refractivity contribution is -0.141. The molecule has 0 aromatic carbocycles. The van der Waals surface area contributed by atoms with Crippen molar-refractivity contribution in [3.8, 4) is 0 Å². The van der Waals surface area contributed by atoms with Gasteiger partial charge in [0.05, 0.1) is 18.6 Å². The van der Waals surface area contributed by atoms with Crippen LogP contribution in [0, 0.1) is 0 Å². The van der Waals surface area contributed by atoms with Gasteiger partial charge in [-0.2, -0.15) is 13.2 Å². The number of carbonyl (C=O) groups excluding carboxylic acids is 1. The van der Waals surface area contributed by atoms with E-state index in [9.17, 15) is 18.0 Å². The number of alkyl halides is 3. The summed E-state index contributed by atoms with van der Waals surface area (Å²) in [6.45, 7) is 1.60. The predicted octanol–water partition coefficient (Wildman–Crippen LogP) is 0.166. The fourth-order valence-corrected chi connectivity index (χ4v) is 1.66. The Morgan fingerprint density at radius 3 is 2.69 bits per heavy atom. The molecule has 1 rings (SSSR count). The SMILES string of the molecule is CC(CC(F)(F)F)NC(=O)C1CC(O)CN1. The van der Waals surface area contributed by atoms with E-state index in [0.29, 0.717) is 6.54 Å². The molecular formula is C9H15F3N2O2. The van der Waals surface area contributed by atoms with Crippen molar-refractivity contribution in [3.63, 3.8) is 0 Å². The fourth-order valence-electron chi connectivity index (χ4n) is 1.66. The van der Waals surface area contributed by atoms with Gasteiger partial charge in [-0.1, -0.05) is 0 Å². The van der Waals surface area contributed by atoms with E-state index >= 15 is 0 Å². The van der Waals surface area contributed by atoms with Crippen LogP contribution in [0.3, 0.4) is 0 Å². The smallest absolute Gasteiger partial charge is 0.391 e. The summed E-state index contributed by atoms with van der Waals surface area (Å²) in [5, 5.41) is 14.1. The van der Waals surface area contributed by atoms with Gasteiger partial charge in [-0.3, -0.25) is 4.79 Å². The molecule has 1 fully saturated rings. The van der Waals surface area contributed by atoms with Crippen LogP contribution in [0.4, 0.5) is 13.2 Å². The Kier molecular flexibility index (Phi) is 4.15. The monoisotopic (exact) mass is 240 g/mol. The summed E-state index contributed by atoms with van der Waals surface area (Å²) in [5.74, 6) is -0.492. The highest BCUT2D eigenvalue weighted by Crippen LogP contribution is 2.21. The van der Waals surface area contributed by atoms with Crippen LogP contribution in [-0.2, 0) is 4.79 Å². The molecule has 1 aliphatic heterocycles. The summed E-state index contributed by atoms with van der Waals surface area (Å²) in [4.78, 5) is 11.4. The number of amides is 1. The average Bonchev–Trinajstić information content (AvgIpc) is 2.47. The molecule has 0 aliphatic carbocycles. The molecule has 3 atom stereocenters. The first-order valence-corrected chi connectivity index (χ1v) is 5.06. The van der Waals surface area contributed by atoms with Crippen LogP contribution >= 0.6 is 0 Å². The van der Waals surface area contributed by atoms with Gasteiger partial charge < -0.3 is 15.7 Å². The second-order valence-corrected chi connectivity index (χ2v) is 4.08. The second-order valence-electron chi connectivity index (χ2n) is 4.08. The summed E-state index contributed by atoms with van der Waals surface area (Å²) in [6, 6.07) is -1.54. The zero-order valence-corrected chi connectivity index (χ0v) is 8.84. The third kappa shape index (κ3) is 4.36. The Bertz CT molecular complexity index is 258. The Balaban J connectivity index is 2.34. The maximum absolute atomic E-state index is 12.0. The van der Waals surface area contributed by atoms with Crippen molar-refractivity contribution in [2.75, 3.05) is 6.54 Å². The van der Waals surface area contributed by atoms with E-state index in [2.05, 4.69) is 10.6 Å². The Morgan fingerprint density at radius 1 is 1.62 bits per heavy atom. The molecule has 0 aromatic heterocycles. The molecular weight excluding hydrogens is 225 g/mol. The highest BCUT2D eigenvalue weighted by molar-refractivity contribution is 5.82. The van der Waals surface area contributed by atoms with Crippen molar-refractivity contribution in [1.82, 2.24) is 10.6 Å². The molecule has 0 radical (unpaired) electrons. The first-order chi connectivity index (χ1) is 7.28. The van der Waals surface area contributed by atoms with Gasteiger partial charge in [-0.25, -0.2) is 0 Å². The van der Waals surface area contributed by atoms with Crippen LogP contribution < -0.4 is 10.6 Å². The zero-order valence-electron chi connectivity index (χ0n) is 8.84. The molecule has 1 saturated heterocycles. The van der Waals surface area contributed by atoms with Gasteiger partial charge in [0.2, 0.25) is 5.91 Å². The minimum atomic E-state index is -4.28. The summed E-state index contributed by atoms with van der Waals surface area (Å²) >= 11 is 0. The molecule has 0 saturated carbocycles. The number of halogens is 3. The van der Waals surface area contributed by atoms with Crippen molar-refractivity contribution in [1.29, 1.82) is 0 Å². The van der Waals surface area contributed by atoms with Gasteiger partial charge in [0, 0.05) is 12.6 Å². The molecule has 94 valence electrons. The minimum Gasteiger partial charge on any atom is -0.392 e. The number of hydrogen-bond donors (Lipinski definition) is 3. The van der Waals surface area contributed by atoms with Gasteiger partial charge in [-0.15, -0.1) is 0 Å². The summed E-state index contributed by atoms with van der Waals surface area (Å²) < 4.78 is 36.0. The molecule has 3 N–H and O–H groups in total. The first-order valence-electron chi connectivity index (χ1n) is 5.06. The number of hydrogen-bond acceptors (Lipinski definition) is 3. The normalized spacial score (nSPS) is 27.8. The molecule has 0 bridgehead atoms. The van der Waals surface area contributed by atoms with Crippen LogP contribution in [0.5, 0.6) is 0 Å². The van der Waals surface area contributed by atoms with E-state index in [0.717, 1.165) is 0 Å². The highest BCUT2D eigenvalue weighted by atomic mass is 19.4. The number of nitrogens with one attached hydrogen (secondary N) is 2. The standard InChI is InChI=1S/C9H15F3N2O2/c1-5(3-9(10,11)12)14-8(16)7-2-6(15)4-13-7/h5-7,13,15H,2-4H2,1H3,(H,14,16). The lowest BCUT2D eigenvalue weighted by Gasteiger charge is -2.18. The van der Waals surface area contributed by atoms with Gasteiger partial charge in [0.1, 0.15) is 0 Å². The molecule has 0 spiro atoms. The molecule has 3 unspecified atom stereocenters. The topological polar surface area (TPSA) is 61.4 Å². The Labute approximate surface area is 91.2 Å². The number of carbonyl (C=O) groups is 1. The summed E-state index contributed by atoms with van der Waals surface area (Å²) in [5.41, 5.74) is 0. The molecule has 4 nitrogen and oxygen atoms in total. The maximum atomic E-state index is 12.0. The van der Waals surface area contributed by atoms with Crippen molar-refractivity contribution in [3.05, 3.63) is 0 Å². The van der Waals surface area contributed by atoms with Crippen LogP contribution in [0.15, 0.2) is 0 Å². The van der Waals surface area contributed by atoms with E-state index < -0.39 is 36.7 Å². The zero-order chi connectivity index (χ0) is 12.3. The van der Waals surface area contributed by atoms with Crippen molar-refractivity contribution in [2.24, 2.45) is 0 Å². The van der Waals surface area contributed by atoms with Crippen LogP contribution in [0.2, 0.25) is 0 Å². The van der Waals surface area contributed by atoms with Crippen LogP contribution in [-0.4, -0.2) is 41.9 Å². The van der Waals surface area contributed by atoms with Gasteiger partial charge in [0.15, 0.2) is 0 Å². The van der Waals surface area contributed by atoms with E-state index in [1.807, 2.05) is 0 Å². The molecule has 7 heteroatoms. The third-order valence-corrected chi connectivity index (χ3v) is 2.35. The van der Waals surface area contributed by atoms with Crippen molar-refractivity contribution >= 4 is 5.91 Å². The summed E-state index contributed by atoms with van der Waals surface area (Å²) in [7, 11) is 0. The van der Waals surface area contributed by atoms with E-state index in [4.69, 9.17) is 5.11 Å². The lowest BCUT2D eigenvalue weighted by Crippen LogP contribution is -2.45. The summed E-state index contributed by atoms with van der Waals surface area (Å²) in [6.07, 6.45) is -5.69. The molecule has 1 heterocycles. The minimum absolute atomic E-state index is 0.241. The van der Waals surface area contributed by atoms with Crippen molar-refractivity contribution in [2.45, 2.75) is 44.1 Å². The average molecular weight is 240 g/mol. The number of rotatable bonds is 3. The van der Waals surface area contributed by atoms with E-state index in [-0.39, 0.29) is 6.42 Å². The molecule has 0 aromatic rings. The fraction of sp³-hybridized carbons (Fsp3) is 0.889. The lowest BCUT2D eigenvalue weighted by atomic mass is 10.1. The molecule has 16 heavy (non-hydrogen) atoms. The molecule has 1 amide bonds. The number of β-amino-alcohol motifs (C(OH)–C–C–N with tert-alkyl or cyclic N) is 1. The van der Waals surface area contributed by atoms with Crippen LogP contribution in [0.25, 0.3) is 0 Å². The number of aliphatic hydroxyl groups excluding tert-OH is 1. The second kappa shape index (κ2) is 5.01. The third-order valence-electron chi connectivity index (χ3n) is 2.35. The highest BCUT2D eigenvalue weighted by Gasteiger charge is 2.33. The number of aliphatic hydroxyl groups is 1. The van der Waals surface area contributed by atoms with Gasteiger partial charge >= 0.3 is 6.18 Å². The maximum Gasteiger partial charge on any atom is 0.391 e. The quantitative estimate of drug-likeness (QED) is 0.659.